The van der Waals surface area contributed by atoms with Crippen LogP contribution < -0.4 is 14.4 Å². The van der Waals surface area contributed by atoms with E-state index in [0.717, 1.165) is 70.4 Å². The first-order valence-corrected chi connectivity index (χ1v) is 18.8. The molecule has 51 heavy (non-hydrogen) atoms. The summed E-state index contributed by atoms with van der Waals surface area (Å²) in [7, 11) is 1.48. The molecule has 1 aliphatic carbocycles. The van der Waals surface area contributed by atoms with E-state index in [1.807, 2.05) is 31.7 Å². The normalized spacial score (nSPS) is 25.5. The molecule has 4 unspecified atom stereocenters. The zero-order chi connectivity index (χ0) is 35.7. The van der Waals surface area contributed by atoms with Crippen molar-refractivity contribution in [3.8, 4) is 23.1 Å². The molecule has 4 aliphatic rings. The number of aliphatic hydroxyl groups is 1. The number of aliphatic hydroxyl groups excluding tert-OH is 1. The van der Waals surface area contributed by atoms with Crippen LogP contribution in [0.3, 0.4) is 0 Å². The van der Waals surface area contributed by atoms with Crippen molar-refractivity contribution in [2.75, 3.05) is 71.2 Å². The van der Waals surface area contributed by atoms with Crippen molar-refractivity contribution >= 4 is 39.2 Å². The number of likely N-dealkylation sites (tertiary alicyclic amines) is 1. The van der Waals surface area contributed by atoms with Crippen molar-refractivity contribution in [2.24, 2.45) is 11.3 Å². The Hall–Kier alpha value is -3.36. The summed E-state index contributed by atoms with van der Waals surface area (Å²) >= 11 is 6.85. The molecule has 0 bridgehead atoms. The van der Waals surface area contributed by atoms with Gasteiger partial charge >= 0.3 is 6.01 Å². The number of nitrogens with zero attached hydrogens (tertiary/aromatic N) is 6. The van der Waals surface area contributed by atoms with Crippen LogP contribution in [0.4, 0.5) is 10.2 Å². The summed E-state index contributed by atoms with van der Waals surface area (Å²) in [5, 5.41) is 19.1. The van der Waals surface area contributed by atoms with E-state index in [-0.39, 0.29) is 47.1 Å². The van der Waals surface area contributed by atoms with Crippen molar-refractivity contribution in [3.63, 3.8) is 0 Å². The molecule has 0 radical (unpaired) electrons. The highest BCUT2D eigenvalue weighted by atomic mass is 35.5. The lowest BCUT2D eigenvalue weighted by Crippen LogP contribution is -2.53. The van der Waals surface area contributed by atoms with Gasteiger partial charge in [0.1, 0.15) is 22.4 Å². The van der Waals surface area contributed by atoms with Gasteiger partial charge in [-0.3, -0.25) is 10.00 Å². The van der Waals surface area contributed by atoms with Gasteiger partial charge in [-0.1, -0.05) is 31.9 Å². The minimum atomic E-state index is -0.767. The number of anilines is 1. The Labute approximate surface area is 303 Å². The number of ether oxygens (including phenoxy) is 4. The van der Waals surface area contributed by atoms with Gasteiger partial charge in [0, 0.05) is 48.6 Å². The largest absolute Gasteiger partial charge is 0.480 e. The van der Waals surface area contributed by atoms with Crippen LogP contribution in [0.5, 0.6) is 11.9 Å². The average molecular weight is 726 g/mol. The van der Waals surface area contributed by atoms with E-state index in [4.69, 9.17) is 40.5 Å². The average Bonchev–Trinajstić information content (AvgIpc) is 3.90. The fourth-order valence-electron chi connectivity index (χ4n) is 8.63. The summed E-state index contributed by atoms with van der Waals surface area (Å²) in [4.78, 5) is 18.8. The highest BCUT2D eigenvalue weighted by molar-refractivity contribution is 6.35. The summed E-state index contributed by atoms with van der Waals surface area (Å²) < 4.78 is 40.8. The van der Waals surface area contributed by atoms with Crippen molar-refractivity contribution in [2.45, 2.75) is 71.4 Å². The van der Waals surface area contributed by atoms with Crippen molar-refractivity contribution in [1.29, 1.82) is 0 Å². The molecule has 12 nitrogen and oxygen atoms in total. The Morgan fingerprint density at radius 1 is 1.10 bits per heavy atom. The predicted molar refractivity (Wildman–Crippen MR) is 194 cm³/mol. The van der Waals surface area contributed by atoms with Crippen LogP contribution in [0.15, 0.2) is 12.3 Å². The number of hydrogen-bond donors (Lipinski definition) is 2. The maximum absolute atomic E-state index is 17.1. The van der Waals surface area contributed by atoms with Crippen LogP contribution in [0.2, 0.25) is 5.02 Å². The van der Waals surface area contributed by atoms with Gasteiger partial charge in [0.15, 0.2) is 5.82 Å². The van der Waals surface area contributed by atoms with E-state index in [1.165, 1.54) is 7.11 Å². The van der Waals surface area contributed by atoms with E-state index in [0.29, 0.717) is 59.0 Å². The van der Waals surface area contributed by atoms with Crippen molar-refractivity contribution in [3.05, 3.63) is 28.7 Å². The van der Waals surface area contributed by atoms with E-state index < -0.39 is 11.9 Å². The predicted octanol–water partition coefficient (Wildman–Crippen LogP) is 5.95. The summed E-state index contributed by atoms with van der Waals surface area (Å²) in [6.45, 7) is 11.3. The Morgan fingerprint density at radius 2 is 1.92 bits per heavy atom. The third-order valence-corrected chi connectivity index (χ3v) is 11.5. The van der Waals surface area contributed by atoms with E-state index in [1.54, 1.807) is 6.20 Å². The lowest BCUT2D eigenvalue weighted by Gasteiger charge is -2.46. The number of methoxy groups -OCH3 is 1. The van der Waals surface area contributed by atoms with Gasteiger partial charge in [0.05, 0.1) is 56.4 Å². The lowest BCUT2D eigenvalue weighted by molar-refractivity contribution is -0.00804. The zero-order valence-corrected chi connectivity index (χ0v) is 30.8. The Balaban J connectivity index is 0.00000200. The standard InChI is InChI=1S/C35H43ClFN7O5.C2H6/c1-20-13-24-23(14-38-42-24)26(28(20)36)30-29(37)31-27(33(39-30)46-2)32(44-10-12-48-18-22(45)16-44)41-34(40-31)49-19-35-7-3-5-25(35)43(9-4-8-35)15-21-6-11-47-17-21;1-2/h13-14,21-22,25,45H,3-12,15-19H2,1-2H3,(H,38,42);1-2H3. The highest BCUT2D eigenvalue weighted by Crippen LogP contribution is 2.49. The number of rotatable bonds is 8. The second-order valence-electron chi connectivity index (χ2n) is 14.1. The number of H-pyrrole nitrogens is 1. The van der Waals surface area contributed by atoms with Crippen molar-refractivity contribution in [1.82, 2.24) is 30.0 Å². The van der Waals surface area contributed by atoms with Crippen molar-refractivity contribution < 1.29 is 28.4 Å². The van der Waals surface area contributed by atoms with Gasteiger partial charge in [0.2, 0.25) is 5.88 Å². The van der Waals surface area contributed by atoms with Crippen LogP contribution in [-0.2, 0) is 9.47 Å². The fraction of sp³-hybridized carbons (Fsp3) is 0.622. The molecule has 3 aromatic heterocycles. The Bertz CT molecular complexity index is 1860. The SMILES string of the molecule is CC.COc1nc(-c2c(Cl)c(C)cc3[nH]ncc23)c(F)c2nc(OCC34CCCC3N(CC3CCOC3)CCC4)nc(N3CCOCC(O)C3)c12. The summed E-state index contributed by atoms with van der Waals surface area (Å²) in [6, 6.07) is 2.35. The molecule has 4 atom stereocenters. The molecule has 4 fully saturated rings. The van der Waals surface area contributed by atoms with Crippen LogP contribution >= 0.6 is 11.6 Å². The number of hydrogen-bond acceptors (Lipinski definition) is 11. The summed E-state index contributed by atoms with van der Waals surface area (Å²) in [6.07, 6.45) is 7.46. The molecule has 1 aromatic carbocycles. The first-order chi connectivity index (χ1) is 24.8. The number of pyridine rings is 1. The maximum Gasteiger partial charge on any atom is 0.319 e. The number of aromatic amines is 1. The molecule has 0 amide bonds. The number of aryl methyl sites for hydroxylation is 1. The number of β-amino-alcohol motifs (C(OH)–C–C–N with tert-alkyl or cyclic N) is 1. The maximum atomic E-state index is 17.1. The highest BCUT2D eigenvalue weighted by Gasteiger charge is 2.49. The monoisotopic (exact) mass is 725 g/mol. The second-order valence-corrected chi connectivity index (χ2v) is 14.5. The summed E-state index contributed by atoms with van der Waals surface area (Å²) in [5.41, 5.74) is 1.80. The van der Waals surface area contributed by atoms with Crippen LogP contribution in [0.25, 0.3) is 33.1 Å². The minimum absolute atomic E-state index is 0.00250. The second kappa shape index (κ2) is 15.3. The molecular formula is C37H49ClFN7O5. The third-order valence-electron chi connectivity index (χ3n) is 11.0. The molecule has 8 rings (SSSR count). The molecule has 3 saturated heterocycles. The van der Waals surface area contributed by atoms with Crippen LogP contribution in [0.1, 0.15) is 57.9 Å². The minimum Gasteiger partial charge on any atom is -0.480 e. The molecule has 4 aromatic rings. The van der Waals surface area contributed by atoms with Gasteiger partial charge in [-0.25, -0.2) is 9.37 Å². The number of fused-ring (bicyclic) bond motifs is 3. The van der Waals surface area contributed by atoms with Gasteiger partial charge in [-0.2, -0.15) is 15.1 Å². The molecule has 0 spiro atoms. The number of benzene rings is 1. The smallest absolute Gasteiger partial charge is 0.319 e. The lowest BCUT2D eigenvalue weighted by atomic mass is 9.75. The number of aromatic nitrogens is 5. The van der Waals surface area contributed by atoms with Crippen LogP contribution in [-0.4, -0.2) is 114 Å². The van der Waals surface area contributed by atoms with E-state index in [9.17, 15) is 5.11 Å². The van der Waals surface area contributed by atoms with Gasteiger partial charge in [-0.15, -0.1) is 0 Å². The number of nitrogens with one attached hydrogen (secondary N) is 1. The molecule has 14 heteroatoms. The molecule has 2 N–H and O–H groups in total. The van der Waals surface area contributed by atoms with E-state index >= 15 is 4.39 Å². The molecule has 1 saturated carbocycles. The summed E-state index contributed by atoms with van der Waals surface area (Å²) in [5.74, 6) is 0.401. The molecule has 3 aliphatic heterocycles. The Kier molecular flexibility index (Phi) is 10.8. The van der Waals surface area contributed by atoms with Crippen LogP contribution in [0, 0.1) is 24.1 Å². The van der Waals surface area contributed by atoms with E-state index in [2.05, 4.69) is 20.1 Å². The molecule has 6 heterocycles. The first kappa shape index (κ1) is 36.0. The molecule has 276 valence electrons. The van der Waals surface area contributed by atoms with Gasteiger partial charge < -0.3 is 29.0 Å². The number of piperidine rings is 1. The zero-order valence-electron chi connectivity index (χ0n) is 30.0. The third kappa shape index (κ3) is 6.83. The Morgan fingerprint density at radius 3 is 2.73 bits per heavy atom. The van der Waals surface area contributed by atoms with Gasteiger partial charge in [-0.05, 0) is 63.1 Å². The first-order valence-electron chi connectivity index (χ1n) is 18.4. The number of halogens is 2. The molecular weight excluding hydrogens is 677 g/mol. The quantitative estimate of drug-likeness (QED) is 0.223. The fourth-order valence-corrected chi connectivity index (χ4v) is 8.87. The van der Waals surface area contributed by atoms with Gasteiger partial charge in [0.25, 0.3) is 0 Å². The topological polar surface area (TPSA) is 131 Å².